The lowest BCUT2D eigenvalue weighted by Gasteiger charge is -2.16. The molecule has 5 nitrogen and oxygen atoms in total. The Morgan fingerprint density at radius 2 is 1.65 bits per heavy atom. The van der Waals surface area contributed by atoms with Gasteiger partial charge in [-0.2, -0.15) is 0 Å². The zero-order chi connectivity index (χ0) is 18.8. The lowest BCUT2D eigenvalue weighted by molar-refractivity contribution is -0.142. The number of nitrogens with one attached hydrogen (secondary N) is 1. The molecule has 1 amide bonds. The molecule has 0 aliphatic heterocycles. The highest BCUT2D eigenvalue weighted by molar-refractivity contribution is 5.81. The van der Waals surface area contributed by atoms with Crippen LogP contribution >= 0.6 is 0 Å². The van der Waals surface area contributed by atoms with Crippen LogP contribution in [0.2, 0.25) is 0 Å². The van der Waals surface area contributed by atoms with Crippen molar-refractivity contribution in [2.75, 3.05) is 13.7 Å². The van der Waals surface area contributed by atoms with E-state index < -0.39 is 18.1 Å². The summed E-state index contributed by atoms with van der Waals surface area (Å²) in [6, 6.07) is 17.2. The summed E-state index contributed by atoms with van der Waals surface area (Å²) < 4.78 is 9.86. The Labute approximate surface area is 154 Å². The second-order valence-electron chi connectivity index (χ2n) is 5.98. The Bertz CT molecular complexity index is 698. The van der Waals surface area contributed by atoms with Crippen LogP contribution in [-0.2, 0) is 20.7 Å². The van der Waals surface area contributed by atoms with Gasteiger partial charge in [-0.15, -0.1) is 0 Å². The molecule has 138 valence electrons. The fraction of sp³-hybridized carbons (Fsp3) is 0.333. The Kier molecular flexibility index (Phi) is 7.68. The van der Waals surface area contributed by atoms with Crippen molar-refractivity contribution in [2.24, 2.45) is 0 Å². The molecule has 0 saturated carbocycles. The minimum atomic E-state index is -0.781. The molecule has 1 N–H and O–H groups in total. The number of hydrogen-bond donors (Lipinski definition) is 1. The van der Waals surface area contributed by atoms with E-state index in [2.05, 4.69) is 5.32 Å². The Morgan fingerprint density at radius 3 is 2.27 bits per heavy atom. The predicted molar refractivity (Wildman–Crippen MR) is 101 cm³/mol. The van der Waals surface area contributed by atoms with Crippen molar-refractivity contribution in [1.82, 2.24) is 5.32 Å². The van der Waals surface area contributed by atoms with E-state index in [0.717, 1.165) is 29.5 Å². The molecule has 2 aromatic carbocycles. The van der Waals surface area contributed by atoms with Crippen LogP contribution < -0.4 is 5.32 Å². The van der Waals surface area contributed by atoms with Crippen LogP contribution in [0.15, 0.2) is 54.6 Å². The lowest BCUT2D eigenvalue weighted by atomic mass is 10.0. The molecule has 0 unspecified atom stereocenters. The van der Waals surface area contributed by atoms with E-state index in [4.69, 9.17) is 9.47 Å². The molecular weight excluding hydrogens is 330 g/mol. The minimum Gasteiger partial charge on any atom is -0.467 e. The van der Waals surface area contributed by atoms with Gasteiger partial charge in [-0.1, -0.05) is 67.9 Å². The normalized spacial score (nSPS) is 11.5. The first kappa shape index (κ1) is 19.5. The molecule has 0 spiro atoms. The maximum absolute atomic E-state index is 12.0. The monoisotopic (exact) mass is 355 g/mol. The SMILES string of the molecule is CCCCOC(=O)N[C@H](Cc1ccc(-c2ccccc2)cc1)C(=O)OC. The molecule has 0 fully saturated rings. The number of methoxy groups -OCH3 is 1. The molecule has 1 atom stereocenters. The van der Waals surface area contributed by atoms with Crippen molar-refractivity contribution in [3.63, 3.8) is 0 Å². The molecule has 0 radical (unpaired) electrons. The summed E-state index contributed by atoms with van der Waals surface area (Å²) in [6.07, 6.45) is 1.46. The summed E-state index contributed by atoms with van der Waals surface area (Å²) in [5, 5.41) is 2.59. The van der Waals surface area contributed by atoms with Crippen molar-refractivity contribution in [2.45, 2.75) is 32.2 Å². The number of hydrogen-bond acceptors (Lipinski definition) is 4. The summed E-state index contributed by atoms with van der Waals surface area (Å²) in [6.45, 7) is 2.35. The minimum absolute atomic E-state index is 0.335. The summed E-state index contributed by atoms with van der Waals surface area (Å²) >= 11 is 0. The Morgan fingerprint density at radius 1 is 1.00 bits per heavy atom. The highest BCUT2D eigenvalue weighted by atomic mass is 16.6. The largest absolute Gasteiger partial charge is 0.467 e. The van der Waals surface area contributed by atoms with Crippen LogP contribution in [0.4, 0.5) is 4.79 Å². The van der Waals surface area contributed by atoms with Gasteiger partial charge < -0.3 is 14.8 Å². The van der Waals surface area contributed by atoms with E-state index in [1.165, 1.54) is 7.11 Å². The van der Waals surface area contributed by atoms with Gasteiger partial charge in [0, 0.05) is 6.42 Å². The van der Waals surface area contributed by atoms with E-state index in [9.17, 15) is 9.59 Å². The summed E-state index contributed by atoms with van der Waals surface area (Å²) in [5.41, 5.74) is 3.14. The molecule has 0 aromatic heterocycles. The fourth-order valence-corrected chi connectivity index (χ4v) is 2.53. The van der Waals surface area contributed by atoms with E-state index in [-0.39, 0.29) is 0 Å². The second-order valence-corrected chi connectivity index (χ2v) is 5.98. The first-order valence-electron chi connectivity index (χ1n) is 8.79. The molecule has 5 heteroatoms. The van der Waals surface area contributed by atoms with Gasteiger partial charge in [0.1, 0.15) is 6.04 Å². The van der Waals surface area contributed by atoms with Gasteiger partial charge in [-0.25, -0.2) is 9.59 Å². The van der Waals surface area contributed by atoms with Crippen molar-refractivity contribution in [3.05, 3.63) is 60.2 Å². The number of carbonyl (C=O) groups excluding carboxylic acids is 2. The van der Waals surface area contributed by atoms with Gasteiger partial charge in [0.15, 0.2) is 0 Å². The topological polar surface area (TPSA) is 64.6 Å². The van der Waals surface area contributed by atoms with E-state index in [1.54, 1.807) is 0 Å². The van der Waals surface area contributed by atoms with Crippen molar-refractivity contribution in [1.29, 1.82) is 0 Å². The maximum atomic E-state index is 12.0. The number of benzene rings is 2. The van der Waals surface area contributed by atoms with Crippen molar-refractivity contribution < 1.29 is 19.1 Å². The first-order valence-corrected chi connectivity index (χ1v) is 8.79. The quantitative estimate of drug-likeness (QED) is 0.575. The number of ether oxygens (including phenoxy) is 2. The van der Waals surface area contributed by atoms with Gasteiger partial charge in [0.2, 0.25) is 0 Å². The molecule has 0 saturated heterocycles. The number of esters is 1. The standard InChI is InChI=1S/C21H25NO4/c1-3-4-14-26-21(24)22-19(20(23)25-2)15-16-10-12-18(13-11-16)17-8-6-5-7-9-17/h5-13,19H,3-4,14-15H2,1-2H3,(H,22,24)/t19-/m1/s1. The predicted octanol–water partition coefficient (Wildman–Crippen LogP) is 3.96. The third kappa shape index (κ3) is 5.92. The number of amides is 1. The van der Waals surface area contributed by atoms with Crippen LogP contribution in [0, 0.1) is 0 Å². The van der Waals surface area contributed by atoms with Crippen LogP contribution in [0.1, 0.15) is 25.3 Å². The Balaban J connectivity index is 2.01. The number of carbonyl (C=O) groups is 2. The van der Waals surface area contributed by atoms with Gasteiger partial charge in [0.25, 0.3) is 0 Å². The average Bonchev–Trinajstić information content (AvgIpc) is 2.68. The molecule has 26 heavy (non-hydrogen) atoms. The van der Waals surface area contributed by atoms with Gasteiger partial charge in [-0.3, -0.25) is 0 Å². The van der Waals surface area contributed by atoms with Crippen LogP contribution in [0.5, 0.6) is 0 Å². The van der Waals surface area contributed by atoms with Gasteiger partial charge in [-0.05, 0) is 23.1 Å². The summed E-state index contributed by atoms with van der Waals surface area (Å²) in [7, 11) is 1.30. The van der Waals surface area contributed by atoms with E-state index >= 15 is 0 Å². The highest BCUT2D eigenvalue weighted by Crippen LogP contribution is 2.19. The van der Waals surface area contributed by atoms with Crippen LogP contribution in [0.3, 0.4) is 0 Å². The molecule has 0 aliphatic carbocycles. The van der Waals surface area contributed by atoms with Crippen LogP contribution in [-0.4, -0.2) is 31.8 Å². The first-order chi connectivity index (χ1) is 12.6. The summed E-state index contributed by atoms with van der Waals surface area (Å²) in [5.74, 6) is -0.496. The number of rotatable bonds is 8. The molecule has 2 rings (SSSR count). The second kappa shape index (κ2) is 10.2. The maximum Gasteiger partial charge on any atom is 0.407 e. The molecule has 0 heterocycles. The fourth-order valence-electron chi connectivity index (χ4n) is 2.53. The lowest BCUT2D eigenvalue weighted by Crippen LogP contribution is -2.43. The van der Waals surface area contributed by atoms with E-state index in [0.29, 0.717) is 13.0 Å². The zero-order valence-corrected chi connectivity index (χ0v) is 15.2. The number of alkyl carbamates (subject to hydrolysis) is 1. The molecular formula is C21H25NO4. The number of unbranched alkanes of at least 4 members (excludes halogenated alkanes) is 1. The Hall–Kier alpha value is -2.82. The van der Waals surface area contributed by atoms with Gasteiger partial charge >= 0.3 is 12.1 Å². The molecule has 0 aliphatic rings. The van der Waals surface area contributed by atoms with Crippen LogP contribution in [0.25, 0.3) is 11.1 Å². The molecule has 0 bridgehead atoms. The zero-order valence-electron chi connectivity index (χ0n) is 15.2. The van der Waals surface area contributed by atoms with Crippen molar-refractivity contribution in [3.8, 4) is 11.1 Å². The third-order valence-electron chi connectivity index (χ3n) is 4.01. The molecule has 2 aromatic rings. The van der Waals surface area contributed by atoms with E-state index in [1.807, 2.05) is 61.5 Å². The average molecular weight is 355 g/mol. The smallest absolute Gasteiger partial charge is 0.407 e. The van der Waals surface area contributed by atoms with Crippen molar-refractivity contribution >= 4 is 12.1 Å². The third-order valence-corrected chi connectivity index (χ3v) is 4.01. The van der Waals surface area contributed by atoms with Gasteiger partial charge in [0.05, 0.1) is 13.7 Å². The highest BCUT2D eigenvalue weighted by Gasteiger charge is 2.22. The summed E-state index contributed by atoms with van der Waals surface area (Å²) in [4.78, 5) is 23.8.